The first-order chi connectivity index (χ1) is 8.29. The molecule has 4 heteroatoms. The quantitative estimate of drug-likeness (QED) is 0.722. The molecule has 0 aromatic rings. The molecule has 2 fully saturated rings. The Hall–Kier alpha value is -1.06. The van der Waals surface area contributed by atoms with E-state index in [4.69, 9.17) is 4.74 Å². The molecule has 0 unspecified atom stereocenters. The highest BCUT2D eigenvalue weighted by atomic mass is 16.6. The summed E-state index contributed by atoms with van der Waals surface area (Å²) in [5.41, 5.74) is -0.473. The minimum Gasteiger partial charge on any atom is -0.444 e. The molecule has 2 aliphatic rings. The predicted molar refractivity (Wildman–Crippen MR) is 68.3 cm³/mol. The Labute approximate surface area is 109 Å². The first-order valence-corrected chi connectivity index (χ1v) is 6.81. The lowest BCUT2D eigenvalue weighted by Crippen LogP contribution is -2.51. The van der Waals surface area contributed by atoms with Crippen LogP contribution < -0.4 is 0 Å². The lowest BCUT2D eigenvalue weighted by atomic mass is 9.87. The van der Waals surface area contributed by atoms with E-state index in [-0.39, 0.29) is 29.9 Å². The summed E-state index contributed by atoms with van der Waals surface area (Å²) >= 11 is 0. The van der Waals surface area contributed by atoms with E-state index in [0.717, 1.165) is 25.7 Å². The van der Waals surface area contributed by atoms with E-state index in [2.05, 4.69) is 0 Å². The van der Waals surface area contributed by atoms with E-state index in [0.29, 0.717) is 0 Å². The molecule has 18 heavy (non-hydrogen) atoms. The average molecular weight is 253 g/mol. The van der Waals surface area contributed by atoms with E-state index in [1.807, 2.05) is 25.7 Å². The summed E-state index contributed by atoms with van der Waals surface area (Å²) in [5.74, 6) is 0.213. The van der Waals surface area contributed by atoms with Gasteiger partial charge >= 0.3 is 6.09 Å². The third-order valence-corrected chi connectivity index (χ3v) is 3.95. The fraction of sp³-hybridized carbons (Fsp3) is 0.857. The third-order valence-electron chi connectivity index (χ3n) is 3.95. The van der Waals surface area contributed by atoms with Crippen LogP contribution in [0.15, 0.2) is 0 Å². The summed E-state index contributed by atoms with van der Waals surface area (Å²) < 4.78 is 5.46. The van der Waals surface area contributed by atoms with Crippen molar-refractivity contribution in [1.82, 2.24) is 4.90 Å². The molecule has 2 aliphatic heterocycles. The van der Waals surface area contributed by atoms with Gasteiger partial charge in [-0.3, -0.25) is 4.79 Å². The van der Waals surface area contributed by atoms with Crippen molar-refractivity contribution in [2.75, 3.05) is 0 Å². The molecule has 0 aromatic carbocycles. The smallest absolute Gasteiger partial charge is 0.410 e. The second-order valence-corrected chi connectivity index (χ2v) is 6.48. The van der Waals surface area contributed by atoms with Crippen LogP contribution in [0.3, 0.4) is 0 Å². The molecule has 0 saturated carbocycles. The van der Waals surface area contributed by atoms with Crippen molar-refractivity contribution in [1.29, 1.82) is 0 Å². The maximum atomic E-state index is 12.2. The number of Topliss-reactive ketones (excluding diaryl/α,β-unsaturated/α-hetero) is 1. The molecule has 0 spiro atoms. The van der Waals surface area contributed by atoms with Crippen molar-refractivity contribution in [2.45, 2.75) is 71.1 Å². The minimum absolute atomic E-state index is 0.0104. The topological polar surface area (TPSA) is 46.6 Å². The lowest BCUT2D eigenvalue weighted by Gasteiger charge is -2.39. The Morgan fingerprint density at radius 2 is 1.72 bits per heavy atom. The average Bonchev–Trinajstić information content (AvgIpc) is 2.49. The van der Waals surface area contributed by atoms with Crippen LogP contribution in [0.4, 0.5) is 4.79 Å². The summed E-state index contributed by atoms with van der Waals surface area (Å²) in [6.45, 7) is 7.26. The van der Waals surface area contributed by atoms with Crippen LogP contribution in [0.2, 0.25) is 0 Å². The number of rotatable bonds is 1. The zero-order valence-corrected chi connectivity index (χ0v) is 11.7. The van der Waals surface area contributed by atoms with Gasteiger partial charge in [0.2, 0.25) is 0 Å². The molecule has 3 atom stereocenters. The molecule has 0 radical (unpaired) electrons. The zero-order valence-electron chi connectivity index (χ0n) is 11.7. The standard InChI is InChI=1S/C14H23NO3/c1-9(16)11-7-5-10-6-8-12(11)15(10)13(17)18-14(2,3)4/h10-12H,5-8H2,1-4H3/t10-,11+,12-/m0/s1. The number of piperidine rings is 1. The summed E-state index contributed by atoms with van der Waals surface area (Å²) in [5, 5.41) is 0. The van der Waals surface area contributed by atoms with Gasteiger partial charge in [0.15, 0.2) is 0 Å². The molecule has 2 saturated heterocycles. The molecule has 4 nitrogen and oxygen atoms in total. The van der Waals surface area contributed by atoms with Crippen LogP contribution in [0, 0.1) is 5.92 Å². The van der Waals surface area contributed by atoms with Gasteiger partial charge in [-0.2, -0.15) is 0 Å². The van der Waals surface area contributed by atoms with Crippen molar-refractivity contribution in [3.8, 4) is 0 Å². The normalized spacial score (nSPS) is 31.3. The van der Waals surface area contributed by atoms with Crippen LogP contribution in [-0.2, 0) is 9.53 Å². The van der Waals surface area contributed by atoms with Gasteiger partial charge in [-0.15, -0.1) is 0 Å². The summed E-state index contributed by atoms with van der Waals surface area (Å²) in [6.07, 6.45) is 3.55. The van der Waals surface area contributed by atoms with Crippen molar-refractivity contribution in [3.05, 3.63) is 0 Å². The van der Waals surface area contributed by atoms with E-state index >= 15 is 0 Å². The highest BCUT2D eigenvalue weighted by molar-refractivity contribution is 5.80. The van der Waals surface area contributed by atoms with Gasteiger partial charge in [-0.05, 0) is 53.4 Å². The molecule has 0 N–H and O–H groups in total. The largest absolute Gasteiger partial charge is 0.444 e. The SMILES string of the molecule is CC(=O)[C@H]1CC[C@H]2CC[C@@H]1N2C(=O)OC(C)(C)C. The number of nitrogens with zero attached hydrogens (tertiary/aromatic N) is 1. The first kappa shape index (κ1) is 13.4. The lowest BCUT2D eigenvalue weighted by molar-refractivity contribution is -0.124. The van der Waals surface area contributed by atoms with E-state index < -0.39 is 5.60 Å². The number of fused-ring (bicyclic) bond motifs is 2. The van der Waals surface area contributed by atoms with Gasteiger partial charge in [0.1, 0.15) is 11.4 Å². The molecule has 0 aromatic heterocycles. The summed E-state index contributed by atoms with van der Waals surface area (Å²) in [4.78, 5) is 25.7. The monoisotopic (exact) mass is 253 g/mol. The van der Waals surface area contributed by atoms with E-state index in [1.165, 1.54) is 0 Å². The molecule has 2 bridgehead atoms. The number of ether oxygens (including phenoxy) is 1. The molecular formula is C14H23NO3. The van der Waals surface area contributed by atoms with Gasteiger partial charge in [0, 0.05) is 18.0 Å². The van der Waals surface area contributed by atoms with Crippen LogP contribution in [-0.4, -0.2) is 34.5 Å². The maximum absolute atomic E-state index is 12.2. The first-order valence-electron chi connectivity index (χ1n) is 6.81. The highest BCUT2D eigenvalue weighted by Crippen LogP contribution is 2.40. The molecule has 0 aliphatic carbocycles. The Morgan fingerprint density at radius 3 is 2.28 bits per heavy atom. The number of carbonyl (C=O) groups excluding carboxylic acids is 2. The maximum Gasteiger partial charge on any atom is 0.410 e. The number of ketones is 1. The van der Waals surface area contributed by atoms with Gasteiger partial charge in [0.25, 0.3) is 0 Å². The second-order valence-electron chi connectivity index (χ2n) is 6.48. The zero-order chi connectivity index (χ0) is 13.5. The Morgan fingerprint density at radius 1 is 1.11 bits per heavy atom. The summed E-state index contributed by atoms with van der Waals surface area (Å²) in [7, 11) is 0. The number of amides is 1. The predicted octanol–water partition coefficient (Wildman–Crippen LogP) is 2.75. The van der Waals surface area contributed by atoms with Crippen molar-refractivity contribution in [3.63, 3.8) is 0 Å². The van der Waals surface area contributed by atoms with E-state index in [1.54, 1.807) is 6.92 Å². The van der Waals surface area contributed by atoms with Crippen molar-refractivity contribution in [2.24, 2.45) is 5.92 Å². The Bertz CT molecular complexity index is 359. The van der Waals surface area contributed by atoms with E-state index in [9.17, 15) is 9.59 Å². The fourth-order valence-electron chi connectivity index (χ4n) is 3.23. The number of hydrogen-bond donors (Lipinski definition) is 0. The number of carbonyl (C=O) groups is 2. The third kappa shape index (κ3) is 2.52. The second kappa shape index (κ2) is 4.56. The van der Waals surface area contributed by atoms with Gasteiger partial charge in [0.05, 0.1) is 0 Å². The Balaban J connectivity index is 2.13. The van der Waals surface area contributed by atoms with Crippen LogP contribution in [0.1, 0.15) is 53.4 Å². The van der Waals surface area contributed by atoms with Gasteiger partial charge in [-0.1, -0.05) is 0 Å². The Kier molecular flexibility index (Phi) is 3.39. The van der Waals surface area contributed by atoms with Crippen molar-refractivity contribution < 1.29 is 14.3 Å². The summed E-state index contributed by atoms with van der Waals surface area (Å²) in [6, 6.07) is 0.344. The van der Waals surface area contributed by atoms with Crippen LogP contribution in [0.5, 0.6) is 0 Å². The highest BCUT2D eigenvalue weighted by Gasteiger charge is 2.47. The number of hydrogen-bond acceptors (Lipinski definition) is 3. The van der Waals surface area contributed by atoms with Gasteiger partial charge < -0.3 is 9.64 Å². The van der Waals surface area contributed by atoms with Crippen molar-refractivity contribution >= 4 is 11.9 Å². The molecule has 1 amide bonds. The van der Waals surface area contributed by atoms with Gasteiger partial charge in [-0.25, -0.2) is 4.79 Å². The van der Waals surface area contributed by atoms with Crippen LogP contribution >= 0.6 is 0 Å². The fourth-order valence-corrected chi connectivity index (χ4v) is 3.23. The van der Waals surface area contributed by atoms with Crippen LogP contribution in [0.25, 0.3) is 0 Å². The molecule has 2 heterocycles. The molecule has 2 rings (SSSR count). The molecule has 102 valence electrons. The minimum atomic E-state index is -0.473. The molecular weight excluding hydrogens is 230 g/mol.